The SMILES string of the molecule is CC(C)(C)SCC(Nc1cc(Cl)nc(-n2ccnc2)n1)C(=O)NCCCc1ccccc1. The van der Waals surface area contributed by atoms with Crippen LogP contribution < -0.4 is 10.6 Å². The number of hydrogen-bond donors (Lipinski definition) is 2. The molecule has 9 heteroatoms. The van der Waals surface area contributed by atoms with E-state index in [2.05, 4.69) is 58.5 Å². The summed E-state index contributed by atoms with van der Waals surface area (Å²) < 4.78 is 1.69. The molecule has 0 aliphatic carbocycles. The normalized spacial score (nSPS) is 12.4. The quantitative estimate of drug-likeness (QED) is 0.336. The topological polar surface area (TPSA) is 84.7 Å². The molecule has 0 aliphatic rings. The molecule has 0 saturated heterocycles. The first-order valence-corrected chi connectivity index (χ1v) is 11.9. The first-order chi connectivity index (χ1) is 15.3. The number of nitrogens with zero attached hydrogens (tertiary/aromatic N) is 4. The first kappa shape index (κ1) is 24.1. The molecule has 0 radical (unpaired) electrons. The van der Waals surface area contributed by atoms with Gasteiger partial charge in [0.15, 0.2) is 0 Å². The second-order valence-electron chi connectivity index (χ2n) is 8.35. The van der Waals surface area contributed by atoms with Gasteiger partial charge in [-0.1, -0.05) is 62.7 Å². The van der Waals surface area contributed by atoms with Gasteiger partial charge in [-0.05, 0) is 18.4 Å². The summed E-state index contributed by atoms with van der Waals surface area (Å²) in [5.74, 6) is 1.42. The van der Waals surface area contributed by atoms with Gasteiger partial charge in [0.2, 0.25) is 11.9 Å². The van der Waals surface area contributed by atoms with Crippen LogP contribution in [0, 0.1) is 0 Å². The number of aryl methyl sites for hydroxylation is 1. The highest BCUT2D eigenvalue weighted by molar-refractivity contribution is 8.00. The summed E-state index contributed by atoms with van der Waals surface area (Å²) in [6.45, 7) is 7.00. The Morgan fingerprint density at radius 3 is 2.69 bits per heavy atom. The largest absolute Gasteiger partial charge is 0.358 e. The van der Waals surface area contributed by atoms with Gasteiger partial charge in [0.1, 0.15) is 23.3 Å². The lowest BCUT2D eigenvalue weighted by molar-refractivity contribution is -0.121. The molecule has 2 aromatic heterocycles. The minimum Gasteiger partial charge on any atom is -0.358 e. The highest BCUT2D eigenvalue weighted by atomic mass is 35.5. The van der Waals surface area contributed by atoms with Crippen molar-refractivity contribution < 1.29 is 4.79 Å². The lowest BCUT2D eigenvalue weighted by atomic mass is 10.1. The van der Waals surface area contributed by atoms with Crippen LogP contribution in [0.25, 0.3) is 5.95 Å². The van der Waals surface area contributed by atoms with Crippen molar-refractivity contribution in [3.05, 3.63) is 65.8 Å². The summed E-state index contributed by atoms with van der Waals surface area (Å²) in [7, 11) is 0. The third-order valence-corrected chi connectivity index (χ3v) is 6.08. The number of rotatable bonds is 10. The number of carbonyl (C=O) groups excluding carboxylic acids is 1. The van der Waals surface area contributed by atoms with Crippen LogP contribution in [0.2, 0.25) is 5.15 Å². The maximum Gasteiger partial charge on any atom is 0.243 e. The number of benzene rings is 1. The third kappa shape index (κ3) is 7.84. The number of anilines is 1. The lowest BCUT2D eigenvalue weighted by Gasteiger charge is -2.24. The summed E-state index contributed by atoms with van der Waals surface area (Å²) in [6.07, 6.45) is 6.78. The Bertz CT molecular complexity index is 991. The van der Waals surface area contributed by atoms with E-state index in [1.54, 1.807) is 41.1 Å². The van der Waals surface area contributed by atoms with Crippen molar-refractivity contribution in [1.82, 2.24) is 24.8 Å². The van der Waals surface area contributed by atoms with Gasteiger partial charge in [-0.25, -0.2) is 9.97 Å². The fraction of sp³-hybridized carbons (Fsp3) is 0.391. The third-order valence-electron chi connectivity index (χ3n) is 4.52. The Balaban J connectivity index is 1.65. The second kappa shape index (κ2) is 11.3. The van der Waals surface area contributed by atoms with Gasteiger partial charge in [0.05, 0.1) is 0 Å². The van der Waals surface area contributed by atoms with Gasteiger partial charge in [-0.2, -0.15) is 16.7 Å². The second-order valence-corrected chi connectivity index (χ2v) is 10.6. The first-order valence-electron chi connectivity index (χ1n) is 10.6. The number of imidazole rings is 1. The molecular weight excluding hydrogens is 444 g/mol. The minimum atomic E-state index is -0.461. The average molecular weight is 473 g/mol. The Labute approximate surface area is 198 Å². The standard InChI is InChI=1S/C23H29ClN6OS/c1-23(2,3)32-15-18(21(31)26-11-7-10-17-8-5-4-6-9-17)27-20-14-19(24)28-22(29-20)30-13-12-25-16-30/h4-6,8-9,12-14,16,18H,7,10-11,15H2,1-3H3,(H,26,31)(H,27,28,29). The molecule has 0 fully saturated rings. The maximum atomic E-state index is 13.0. The van der Waals surface area contributed by atoms with Crippen molar-refractivity contribution in [2.75, 3.05) is 17.6 Å². The summed E-state index contributed by atoms with van der Waals surface area (Å²) >= 11 is 7.93. The molecule has 3 aromatic rings. The number of halogens is 1. The molecule has 1 atom stereocenters. The van der Waals surface area contributed by atoms with Gasteiger partial charge in [-0.3, -0.25) is 9.36 Å². The summed E-state index contributed by atoms with van der Waals surface area (Å²) in [5.41, 5.74) is 1.27. The number of thioether (sulfide) groups is 1. The molecule has 1 unspecified atom stereocenters. The highest BCUT2D eigenvalue weighted by Crippen LogP contribution is 2.25. The van der Waals surface area contributed by atoms with E-state index in [1.807, 2.05) is 18.2 Å². The van der Waals surface area contributed by atoms with Crippen molar-refractivity contribution in [2.24, 2.45) is 0 Å². The fourth-order valence-electron chi connectivity index (χ4n) is 2.94. The van der Waals surface area contributed by atoms with Crippen LogP contribution in [0.1, 0.15) is 32.8 Å². The predicted molar refractivity (Wildman–Crippen MR) is 132 cm³/mol. The van der Waals surface area contributed by atoms with Crippen molar-refractivity contribution >= 4 is 35.1 Å². The van der Waals surface area contributed by atoms with E-state index in [9.17, 15) is 4.79 Å². The van der Waals surface area contributed by atoms with E-state index >= 15 is 0 Å². The van der Waals surface area contributed by atoms with E-state index in [0.717, 1.165) is 12.8 Å². The number of nitrogens with one attached hydrogen (secondary N) is 2. The molecule has 7 nitrogen and oxygen atoms in total. The molecule has 2 N–H and O–H groups in total. The van der Waals surface area contributed by atoms with Gasteiger partial charge in [0.25, 0.3) is 0 Å². The van der Waals surface area contributed by atoms with E-state index < -0.39 is 6.04 Å². The molecule has 1 aromatic carbocycles. The van der Waals surface area contributed by atoms with Crippen LogP contribution in [-0.4, -0.2) is 48.5 Å². The zero-order chi connectivity index (χ0) is 23.0. The molecule has 32 heavy (non-hydrogen) atoms. The minimum absolute atomic E-state index is 0.0266. The van der Waals surface area contributed by atoms with E-state index in [0.29, 0.717) is 24.1 Å². The van der Waals surface area contributed by atoms with Crippen molar-refractivity contribution in [3.8, 4) is 5.95 Å². The number of aromatic nitrogens is 4. The molecule has 170 valence electrons. The van der Waals surface area contributed by atoms with Crippen LogP contribution in [-0.2, 0) is 11.2 Å². The van der Waals surface area contributed by atoms with Crippen molar-refractivity contribution in [3.63, 3.8) is 0 Å². The number of carbonyl (C=O) groups is 1. The van der Waals surface area contributed by atoms with Crippen LogP contribution in [0.15, 0.2) is 55.1 Å². The molecule has 0 saturated carbocycles. The Morgan fingerprint density at radius 1 is 1.22 bits per heavy atom. The van der Waals surface area contributed by atoms with Crippen LogP contribution in [0.4, 0.5) is 5.82 Å². The van der Waals surface area contributed by atoms with Crippen LogP contribution >= 0.6 is 23.4 Å². The fourth-order valence-corrected chi connectivity index (χ4v) is 4.02. The van der Waals surface area contributed by atoms with Gasteiger partial charge < -0.3 is 10.6 Å². The van der Waals surface area contributed by atoms with E-state index in [4.69, 9.17) is 11.6 Å². The summed E-state index contributed by atoms with van der Waals surface area (Å²) in [6, 6.07) is 11.4. The number of amides is 1. The van der Waals surface area contributed by atoms with Crippen LogP contribution in [0.3, 0.4) is 0 Å². The molecule has 0 spiro atoms. The Hall–Kier alpha value is -2.58. The molecule has 0 bridgehead atoms. The molecule has 3 rings (SSSR count). The Kier molecular flexibility index (Phi) is 8.53. The summed E-state index contributed by atoms with van der Waals surface area (Å²) in [5, 5.41) is 6.60. The molecular formula is C23H29ClN6OS. The average Bonchev–Trinajstić information content (AvgIpc) is 3.29. The van der Waals surface area contributed by atoms with Gasteiger partial charge >= 0.3 is 0 Å². The van der Waals surface area contributed by atoms with E-state index in [-0.39, 0.29) is 15.8 Å². The lowest BCUT2D eigenvalue weighted by Crippen LogP contribution is -2.42. The summed E-state index contributed by atoms with van der Waals surface area (Å²) in [4.78, 5) is 25.8. The predicted octanol–water partition coefficient (Wildman–Crippen LogP) is 4.38. The maximum absolute atomic E-state index is 13.0. The van der Waals surface area contributed by atoms with Gasteiger partial charge in [0, 0.05) is 35.5 Å². The van der Waals surface area contributed by atoms with E-state index in [1.165, 1.54) is 5.56 Å². The van der Waals surface area contributed by atoms with Crippen molar-refractivity contribution in [2.45, 2.75) is 44.4 Å². The molecule has 2 heterocycles. The zero-order valence-corrected chi connectivity index (χ0v) is 20.2. The smallest absolute Gasteiger partial charge is 0.243 e. The monoisotopic (exact) mass is 472 g/mol. The Morgan fingerprint density at radius 2 is 2.00 bits per heavy atom. The van der Waals surface area contributed by atoms with Gasteiger partial charge in [-0.15, -0.1) is 0 Å². The zero-order valence-electron chi connectivity index (χ0n) is 18.6. The van der Waals surface area contributed by atoms with Crippen molar-refractivity contribution in [1.29, 1.82) is 0 Å². The molecule has 0 aliphatic heterocycles. The van der Waals surface area contributed by atoms with Crippen LogP contribution in [0.5, 0.6) is 0 Å². The molecule has 1 amide bonds. The number of hydrogen-bond acceptors (Lipinski definition) is 6. The highest BCUT2D eigenvalue weighted by Gasteiger charge is 2.23.